The van der Waals surface area contributed by atoms with Crippen LogP contribution in [0.4, 0.5) is 0 Å². The summed E-state index contributed by atoms with van der Waals surface area (Å²) in [6.45, 7) is -1.32. The Morgan fingerprint density at radius 2 is 1.90 bits per heavy atom. The van der Waals surface area contributed by atoms with E-state index in [2.05, 4.69) is 4.52 Å². The molecule has 0 spiro atoms. The fraction of sp³-hybridized carbons (Fsp3) is 1.00. The maximum Gasteiger partial charge on any atom is 0.255 e. The molecule has 0 saturated carbocycles. The molecule has 0 radical (unpaired) electrons. The lowest BCUT2D eigenvalue weighted by Crippen LogP contribution is -1.88. The van der Waals surface area contributed by atoms with E-state index in [9.17, 15) is 4.57 Å². The third-order valence-corrected chi connectivity index (χ3v) is 3.22. The lowest BCUT2D eigenvalue weighted by Gasteiger charge is -2.02. The molecule has 0 aromatic heterocycles. The molecule has 0 rings (SSSR count). The Balaban J connectivity index is 3.30. The predicted octanol–water partition coefficient (Wildman–Crippen LogP) is 4.38. The second-order valence-corrected chi connectivity index (χ2v) is 9.74. The lowest BCUT2D eigenvalue weighted by atomic mass is 10.9. The van der Waals surface area contributed by atoms with Gasteiger partial charge in [0.15, 0.2) is 0 Å². The van der Waals surface area contributed by atoms with Crippen molar-refractivity contribution in [1.29, 1.82) is 0 Å². The van der Waals surface area contributed by atoms with E-state index in [4.69, 9.17) is 45.0 Å². The van der Waals surface area contributed by atoms with E-state index >= 15 is 0 Å². The van der Waals surface area contributed by atoms with Gasteiger partial charge < -0.3 is 4.52 Å². The van der Waals surface area contributed by atoms with Gasteiger partial charge in [0, 0.05) is 0 Å². The molecular weight excluding hydrogens is 260 g/mol. The van der Waals surface area contributed by atoms with Gasteiger partial charge >= 0.3 is 0 Å². The van der Waals surface area contributed by atoms with E-state index in [1.54, 1.807) is 0 Å². The van der Waals surface area contributed by atoms with Crippen molar-refractivity contribution in [1.82, 2.24) is 0 Å². The van der Waals surface area contributed by atoms with E-state index < -0.39 is 12.7 Å². The van der Waals surface area contributed by atoms with Crippen molar-refractivity contribution in [2.75, 3.05) is 12.8 Å². The summed E-state index contributed by atoms with van der Waals surface area (Å²) >= 11 is 20.8. The number of halogens is 4. The van der Waals surface area contributed by atoms with Gasteiger partial charge in [0.05, 0.1) is 12.8 Å². The molecule has 0 aliphatic heterocycles. The Morgan fingerprint density at radius 1 is 1.40 bits per heavy atom. The molecule has 0 heterocycles. The SMILES string of the molecule is O=P(Cl)(Cl)CCOP(Cl)Cl. The van der Waals surface area contributed by atoms with E-state index in [1.165, 1.54) is 0 Å². The highest BCUT2D eigenvalue weighted by Gasteiger charge is 2.13. The average molecular weight is 264 g/mol. The molecule has 0 saturated heterocycles. The first-order valence-corrected chi connectivity index (χ1v) is 8.92. The van der Waals surface area contributed by atoms with E-state index in [-0.39, 0.29) is 12.8 Å². The topological polar surface area (TPSA) is 26.3 Å². The standard InChI is InChI=1S/C2H4Cl4O2P2/c3-9(4)8-1-2-10(5,6)7/h1-2H2. The molecule has 62 valence electrons. The van der Waals surface area contributed by atoms with Crippen LogP contribution in [-0.4, -0.2) is 12.8 Å². The number of hydrogen-bond acceptors (Lipinski definition) is 2. The maximum atomic E-state index is 10.6. The van der Waals surface area contributed by atoms with Gasteiger partial charge in [0.2, 0.25) is 6.85 Å². The molecular formula is C2H4Cl4O2P2. The van der Waals surface area contributed by atoms with Crippen molar-refractivity contribution < 1.29 is 9.09 Å². The van der Waals surface area contributed by atoms with Gasteiger partial charge in [-0.05, 0) is 45.0 Å². The molecule has 0 aromatic rings. The molecule has 0 amide bonds. The molecule has 0 aromatic carbocycles. The molecule has 0 aliphatic rings. The van der Waals surface area contributed by atoms with Gasteiger partial charge in [0.25, 0.3) is 5.85 Å². The highest BCUT2D eigenvalue weighted by molar-refractivity contribution is 8.08. The van der Waals surface area contributed by atoms with Crippen molar-refractivity contribution in [2.45, 2.75) is 0 Å². The zero-order valence-electron chi connectivity index (χ0n) is 4.64. The van der Waals surface area contributed by atoms with E-state index in [0.29, 0.717) is 0 Å². The molecule has 2 nitrogen and oxygen atoms in total. The third-order valence-electron chi connectivity index (χ3n) is 0.540. The largest absolute Gasteiger partial charge is 0.331 e. The Kier molecular flexibility index (Phi) is 6.40. The third kappa shape index (κ3) is 9.78. The minimum absolute atomic E-state index is 0.0778. The van der Waals surface area contributed by atoms with Gasteiger partial charge in [-0.25, -0.2) is 0 Å². The quantitative estimate of drug-likeness (QED) is 0.704. The predicted molar refractivity (Wildman–Crippen MR) is 48.8 cm³/mol. The van der Waals surface area contributed by atoms with Crippen LogP contribution in [0.1, 0.15) is 0 Å². The first kappa shape index (κ1) is 11.8. The average Bonchev–Trinajstić information content (AvgIpc) is 1.59. The first-order valence-electron chi connectivity index (χ1n) is 2.15. The van der Waals surface area contributed by atoms with Gasteiger partial charge in [-0.1, -0.05) is 0 Å². The normalized spacial score (nSPS) is 12.5. The highest BCUT2D eigenvalue weighted by Crippen LogP contribution is 2.57. The van der Waals surface area contributed by atoms with Crippen LogP contribution in [0.3, 0.4) is 0 Å². The second-order valence-electron chi connectivity index (χ2n) is 1.33. The zero-order valence-corrected chi connectivity index (χ0v) is 9.45. The van der Waals surface area contributed by atoms with Crippen molar-refractivity contribution in [3.63, 3.8) is 0 Å². The summed E-state index contributed by atoms with van der Waals surface area (Å²) in [6.07, 6.45) is 0.0778. The Morgan fingerprint density at radius 3 is 2.20 bits per heavy atom. The van der Waals surface area contributed by atoms with Crippen LogP contribution in [0.5, 0.6) is 0 Å². The smallest absolute Gasteiger partial charge is 0.255 e. The molecule has 0 bridgehead atoms. The summed E-state index contributed by atoms with van der Waals surface area (Å²) in [7, 11) is 0. The summed E-state index contributed by atoms with van der Waals surface area (Å²) in [5.41, 5.74) is 0. The van der Waals surface area contributed by atoms with Crippen molar-refractivity contribution in [3.8, 4) is 0 Å². The van der Waals surface area contributed by atoms with Crippen molar-refractivity contribution >= 4 is 57.7 Å². The minimum atomic E-state index is -3.01. The van der Waals surface area contributed by atoms with E-state index in [1.807, 2.05) is 0 Å². The monoisotopic (exact) mass is 262 g/mol. The second kappa shape index (κ2) is 5.43. The number of hydrogen-bond donors (Lipinski definition) is 0. The van der Waals surface area contributed by atoms with Gasteiger partial charge in [-0.2, -0.15) is 0 Å². The van der Waals surface area contributed by atoms with Crippen LogP contribution >= 0.6 is 57.7 Å². The van der Waals surface area contributed by atoms with Crippen molar-refractivity contribution in [3.05, 3.63) is 0 Å². The molecule has 0 aliphatic carbocycles. The molecule has 8 heteroatoms. The fourth-order valence-corrected chi connectivity index (χ4v) is 1.72. The van der Waals surface area contributed by atoms with Crippen molar-refractivity contribution in [2.24, 2.45) is 0 Å². The Bertz CT molecular complexity index is 133. The maximum absolute atomic E-state index is 10.6. The summed E-state index contributed by atoms with van der Waals surface area (Å²) in [5, 5.41) is 0. The summed E-state index contributed by atoms with van der Waals surface area (Å²) < 4.78 is 15.2. The van der Waals surface area contributed by atoms with Crippen LogP contribution in [0.15, 0.2) is 0 Å². The van der Waals surface area contributed by atoms with Crippen LogP contribution in [0.2, 0.25) is 0 Å². The fourth-order valence-electron chi connectivity index (χ4n) is 0.216. The molecule has 0 fully saturated rings. The molecule has 0 N–H and O–H groups in total. The zero-order chi connectivity index (χ0) is 8.20. The van der Waals surface area contributed by atoms with Gasteiger partial charge in [-0.15, -0.1) is 0 Å². The molecule has 0 atom stereocenters. The van der Waals surface area contributed by atoms with Gasteiger partial charge in [-0.3, -0.25) is 4.57 Å². The molecule has 0 unspecified atom stereocenters. The Labute approximate surface area is 79.5 Å². The van der Waals surface area contributed by atoms with E-state index in [0.717, 1.165) is 0 Å². The van der Waals surface area contributed by atoms with Crippen LogP contribution in [-0.2, 0) is 9.09 Å². The summed E-state index contributed by atoms with van der Waals surface area (Å²) in [4.78, 5) is 0. The highest BCUT2D eigenvalue weighted by atomic mass is 35.9. The van der Waals surface area contributed by atoms with Gasteiger partial charge in [0.1, 0.15) is 0 Å². The lowest BCUT2D eigenvalue weighted by molar-refractivity contribution is 0.394. The van der Waals surface area contributed by atoms with Crippen LogP contribution in [0, 0.1) is 0 Å². The Hall–Kier alpha value is 1.78. The number of rotatable bonds is 4. The summed E-state index contributed by atoms with van der Waals surface area (Å²) in [5.74, 6) is -3.01. The first-order chi connectivity index (χ1) is 4.42. The summed E-state index contributed by atoms with van der Waals surface area (Å²) in [6, 6.07) is 0. The minimum Gasteiger partial charge on any atom is -0.331 e. The van der Waals surface area contributed by atoms with Crippen LogP contribution in [0.25, 0.3) is 0 Å². The molecule has 10 heavy (non-hydrogen) atoms. The van der Waals surface area contributed by atoms with Crippen LogP contribution < -0.4 is 0 Å².